The first-order valence-corrected chi connectivity index (χ1v) is 15.3. The molecule has 0 bridgehead atoms. The third-order valence-electron chi connectivity index (χ3n) is 7.02. The molecule has 0 aliphatic rings. The van der Waals surface area contributed by atoms with Gasteiger partial charge in [-0.1, -0.05) is 49.7 Å². The topological polar surface area (TPSA) is 129 Å². The standard InChI is InChI=1S/C21H29N3O.C7H10N2OS.C4H6N2S/c1-16(2)24(17(3)4)15-13-21(20(22)25,18-10-6-5-7-11-18)19-12-8-9-14-23-19;1-2-3-5-4-6(10)9-7(11)8-5;1-6-3-2-5-4(6)7/h5-12,14,16-17H,13,15H2,1-4H3,(H2,22,25);4H,2-3H2,1H3,(H2,8,9,10,11);2-3H,1H3,(H,5,7). The number of benzene rings is 1. The lowest BCUT2D eigenvalue weighted by atomic mass is 9.73. The van der Waals surface area contributed by atoms with Crippen LogP contribution in [-0.2, 0) is 23.7 Å². The zero-order valence-electron chi connectivity index (χ0n) is 26.0. The SMILES string of the molecule is CC(C)N(CCC(C(N)=O)(c1ccccc1)c1ccccn1)C(C)C.CCCc1cc(=O)[nH]c(=S)[nH]1.Cn1cc[nH]c1=S. The van der Waals surface area contributed by atoms with E-state index in [1.54, 1.807) is 12.3 Å². The predicted octanol–water partition coefficient (Wildman–Crippen LogP) is 5.83. The van der Waals surface area contributed by atoms with Crippen molar-refractivity contribution >= 4 is 30.3 Å². The smallest absolute Gasteiger partial charge is 0.251 e. The summed E-state index contributed by atoms with van der Waals surface area (Å²) in [4.78, 5) is 38.7. The monoisotopic (exact) mass is 623 g/mol. The van der Waals surface area contributed by atoms with Crippen molar-refractivity contribution in [2.75, 3.05) is 6.54 Å². The minimum Gasteiger partial charge on any atom is -0.369 e. The molecule has 0 aliphatic heterocycles. The maximum Gasteiger partial charge on any atom is 0.251 e. The first-order chi connectivity index (χ1) is 20.4. The first kappa shape index (κ1) is 35.5. The van der Waals surface area contributed by atoms with Gasteiger partial charge in [0, 0.05) is 56.0 Å². The highest BCUT2D eigenvalue weighted by Gasteiger charge is 2.42. The molecule has 0 fully saturated rings. The number of H-pyrrole nitrogens is 3. The molecule has 0 radical (unpaired) electrons. The van der Waals surface area contributed by atoms with E-state index in [0.29, 0.717) is 29.0 Å². The molecule has 1 aromatic carbocycles. The molecule has 3 heterocycles. The molecular weight excluding hydrogens is 579 g/mol. The second-order valence-electron chi connectivity index (χ2n) is 10.8. The maximum absolute atomic E-state index is 12.7. The molecule has 5 N–H and O–H groups in total. The summed E-state index contributed by atoms with van der Waals surface area (Å²) in [5.41, 5.74) is 7.43. The van der Waals surface area contributed by atoms with Crippen LogP contribution in [0.3, 0.4) is 0 Å². The summed E-state index contributed by atoms with van der Waals surface area (Å²) in [5, 5.41) is 0. The number of primary amides is 1. The highest BCUT2D eigenvalue weighted by molar-refractivity contribution is 7.71. The van der Waals surface area contributed by atoms with Gasteiger partial charge in [0.25, 0.3) is 5.56 Å². The molecule has 3 aromatic heterocycles. The summed E-state index contributed by atoms with van der Waals surface area (Å²) in [5.74, 6) is -0.357. The quantitative estimate of drug-likeness (QED) is 0.165. The van der Waals surface area contributed by atoms with Gasteiger partial charge in [0.2, 0.25) is 5.91 Å². The second-order valence-corrected chi connectivity index (χ2v) is 11.6. The van der Waals surface area contributed by atoms with Crippen LogP contribution in [0, 0.1) is 9.54 Å². The van der Waals surface area contributed by atoms with Gasteiger partial charge in [0.05, 0.1) is 5.69 Å². The fourth-order valence-corrected chi connectivity index (χ4v) is 5.23. The number of hydrogen-bond acceptors (Lipinski definition) is 6. The number of carbonyl (C=O) groups is 1. The van der Waals surface area contributed by atoms with Gasteiger partial charge in [-0.3, -0.25) is 24.5 Å². The van der Waals surface area contributed by atoms with E-state index in [9.17, 15) is 9.59 Å². The molecule has 4 aromatic rings. The third kappa shape index (κ3) is 10.5. The van der Waals surface area contributed by atoms with Gasteiger partial charge in [-0.2, -0.15) is 0 Å². The number of aromatic amines is 3. The number of nitrogens with zero attached hydrogens (tertiary/aromatic N) is 3. The van der Waals surface area contributed by atoms with Gasteiger partial charge >= 0.3 is 0 Å². The van der Waals surface area contributed by atoms with Crippen molar-refractivity contribution in [2.45, 2.75) is 71.4 Å². The summed E-state index contributed by atoms with van der Waals surface area (Å²) in [7, 11) is 1.90. The molecule has 0 aliphatic carbocycles. The fraction of sp³-hybridized carbons (Fsp3) is 0.406. The number of nitrogens with two attached hydrogens (primary N) is 1. The number of hydrogen-bond donors (Lipinski definition) is 4. The average molecular weight is 624 g/mol. The van der Waals surface area contributed by atoms with Crippen LogP contribution in [0.25, 0.3) is 0 Å². The third-order valence-corrected chi connectivity index (χ3v) is 7.63. The molecule has 0 saturated carbocycles. The Labute approximate surface area is 264 Å². The van der Waals surface area contributed by atoms with Gasteiger partial charge in [-0.25, -0.2) is 0 Å². The number of aromatic nitrogens is 5. The van der Waals surface area contributed by atoms with E-state index in [1.165, 1.54) is 0 Å². The van der Waals surface area contributed by atoms with Crippen LogP contribution in [0.1, 0.15) is 64.4 Å². The lowest BCUT2D eigenvalue weighted by Crippen LogP contribution is -2.47. The lowest BCUT2D eigenvalue weighted by Gasteiger charge is -2.36. The number of rotatable bonds is 10. The normalized spacial score (nSPS) is 12.2. The predicted molar refractivity (Wildman–Crippen MR) is 179 cm³/mol. The van der Waals surface area contributed by atoms with Crippen molar-refractivity contribution < 1.29 is 4.79 Å². The Morgan fingerprint density at radius 1 is 1.05 bits per heavy atom. The van der Waals surface area contributed by atoms with Crippen LogP contribution in [-0.4, -0.2) is 53.9 Å². The van der Waals surface area contributed by atoms with Crippen molar-refractivity contribution in [3.05, 3.63) is 110 Å². The van der Waals surface area contributed by atoms with Crippen molar-refractivity contribution in [1.82, 2.24) is 29.4 Å². The molecule has 1 atom stereocenters. The number of imidazole rings is 1. The lowest BCUT2D eigenvalue weighted by molar-refractivity contribution is -0.122. The zero-order valence-corrected chi connectivity index (χ0v) is 27.6. The number of carbonyl (C=O) groups excluding carboxylic acids is 1. The fourth-order valence-electron chi connectivity index (χ4n) is 4.87. The zero-order chi connectivity index (χ0) is 32.0. The molecule has 9 nitrogen and oxygen atoms in total. The molecule has 1 unspecified atom stereocenters. The van der Waals surface area contributed by atoms with Crippen LogP contribution in [0.4, 0.5) is 0 Å². The van der Waals surface area contributed by atoms with Crippen LogP contribution in [0.15, 0.2) is 78.0 Å². The Bertz CT molecular complexity index is 1480. The maximum atomic E-state index is 12.7. The highest BCUT2D eigenvalue weighted by Crippen LogP contribution is 2.35. The summed E-state index contributed by atoms with van der Waals surface area (Å²) in [6.45, 7) is 11.5. The molecule has 1 amide bonds. The number of nitrogens with one attached hydrogen (secondary N) is 3. The van der Waals surface area contributed by atoms with E-state index < -0.39 is 5.41 Å². The average Bonchev–Trinajstić information content (AvgIpc) is 3.33. The number of aryl methyl sites for hydroxylation is 2. The Hall–Kier alpha value is -3.67. The molecule has 43 heavy (non-hydrogen) atoms. The molecular formula is C32H45N7O2S2. The van der Waals surface area contributed by atoms with Gasteiger partial charge in [0.15, 0.2) is 9.54 Å². The van der Waals surface area contributed by atoms with E-state index in [2.05, 4.69) is 59.5 Å². The molecule has 0 spiro atoms. The van der Waals surface area contributed by atoms with E-state index in [0.717, 1.165) is 35.4 Å². The largest absolute Gasteiger partial charge is 0.369 e. The Morgan fingerprint density at radius 3 is 2.14 bits per heavy atom. The van der Waals surface area contributed by atoms with E-state index in [-0.39, 0.29) is 11.5 Å². The van der Waals surface area contributed by atoms with Crippen LogP contribution in [0.5, 0.6) is 0 Å². The Balaban J connectivity index is 0.000000291. The van der Waals surface area contributed by atoms with Gasteiger partial charge < -0.3 is 20.3 Å². The van der Waals surface area contributed by atoms with Crippen molar-refractivity contribution in [1.29, 1.82) is 0 Å². The minimum atomic E-state index is -0.926. The van der Waals surface area contributed by atoms with Crippen molar-refractivity contribution in [2.24, 2.45) is 12.8 Å². The molecule has 0 saturated heterocycles. The summed E-state index contributed by atoms with van der Waals surface area (Å²) in [6.07, 6.45) is 7.88. The first-order valence-electron chi connectivity index (χ1n) is 14.5. The Kier molecular flexibility index (Phi) is 14.4. The van der Waals surface area contributed by atoms with Crippen molar-refractivity contribution in [3.63, 3.8) is 0 Å². The van der Waals surface area contributed by atoms with Crippen LogP contribution >= 0.6 is 24.4 Å². The summed E-state index contributed by atoms with van der Waals surface area (Å²) >= 11 is 9.58. The number of pyridine rings is 1. The highest BCUT2D eigenvalue weighted by atomic mass is 32.1. The van der Waals surface area contributed by atoms with Gasteiger partial charge in [-0.05, 0) is 82.7 Å². The molecule has 11 heteroatoms. The van der Waals surface area contributed by atoms with E-state index >= 15 is 0 Å². The molecule has 4 rings (SSSR count). The van der Waals surface area contributed by atoms with Gasteiger partial charge in [0.1, 0.15) is 5.41 Å². The summed E-state index contributed by atoms with van der Waals surface area (Å²) in [6, 6.07) is 17.8. The van der Waals surface area contributed by atoms with E-state index in [1.807, 2.05) is 72.5 Å². The van der Waals surface area contributed by atoms with E-state index in [4.69, 9.17) is 30.2 Å². The number of amides is 1. The van der Waals surface area contributed by atoms with Gasteiger partial charge in [-0.15, -0.1) is 0 Å². The Morgan fingerprint density at radius 2 is 1.70 bits per heavy atom. The summed E-state index contributed by atoms with van der Waals surface area (Å²) < 4.78 is 3.01. The second kappa shape index (κ2) is 17.4. The van der Waals surface area contributed by atoms with Crippen molar-refractivity contribution in [3.8, 4) is 0 Å². The molecule has 232 valence electrons. The van der Waals surface area contributed by atoms with Crippen LogP contribution < -0.4 is 11.3 Å². The minimum absolute atomic E-state index is 0.128. The van der Waals surface area contributed by atoms with Crippen LogP contribution in [0.2, 0.25) is 0 Å².